The van der Waals surface area contributed by atoms with Crippen molar-refractivity contribution in [2.24, 2.45) is 0 Å². The second kappa shape index (κ2) is 6.33. The summed E-state index contributed by atoms with van der Waals surface area (Å²) in [7, 11) is 0. The van der Waals surface area contributed by atoms with Crippen LogP contribution in [-0.2, 0) is 0 Å². The molecular formula is C19H15ClFN3O. The first-order chi connectivity index (χ1) is 12.1. The van der Waals surface area contributed by atoms with Gasteiger partial charge in [0.05, 0.1) is 11.4 Å². The van der Waals surface area contributed by atoms with Gasteiger partial charge < -0.3 is 5.32 Å². The summed E-state index contributed by atoms with van der Waals surface area (Å²) in [6.45, 7) is 0. The highest BCUT2D eigenvalue weighted by Gasteiger charge is 2.26. The number of nitrogens with zero attached hydrogens (tertiary/aromatic N) is 2. The van der Waals surface area contributed by atoms with Gasteiger partial charge in [0.1, 0.15) is 11.5 Å². The van der Waals surface area contributed by atoms with Crippen LogP contribution in [0.3, 0.4) is 0 Å². The summed E-state index contributed by atoms with van der Waals surface area (Å²) in [5, 5.41) is 7.94. The van der Waals surface area contributed by atoms with E-state index < -0.39 is 0 Å². The maximum Gasteiger partial charge on any atom is 0.270 e. The molecule has 4 nitrogen and oxygen atoms in total. The predicted octanol–water partition coefficient (Wildman–Crippen LogP) is 4.22. The molecule has 1 N–H and O–H groups in total. The zero-order valence-electron chi connectivity index (χ0n) is 13.2. The van der Waals surface area contributed by atoms with Gasteiger partial charge in [0.2, 0.25) is 0 Å². The first-order valence-electron chi connectivity index (χ1n) is 8.03. The van der Waals surface area contributed by atoms with Crippen LogP contribution in [-0.4, -0.2) is 21.7 Å². The molecule has 1 aliphatic rings. The molecule has 0 saturated heterocycles. The Kier molecular flexibility index (Phi) is 4.01. The maximum absolute atomic E-state index is 14.1. The van der Waals surface area contributed by atoms with E-state index in [4.69, 9.17) is 11.6 Å². The van der Waals surface area contributed by atoms with E-state index in [1.165, 1.54) is 10.7 Å². The Bertz CT molecular complexity index is 949. The fourth-order valence-corrected chi connectivity index (χ4v) is 2.82. The zero-order valence-corrected chi connectivity index (χ0v) is 14.0. The topological polar surface area (TPSA) is 46.9 Å². The lowest BCUT2D eigenvalue weighted by Gasteiger charge is -2.08. The van der Waals surface area contributed by atoms with Crippen LogP contribution in [0.2, 0.25) is 5.02 Å². The summed E-state index contributed by atoms with van der Waals surface area (Å²) < 4.78 is 15.6. The Morgan fingerprint density at radius 2 is 1.96 bits per heavy atom. The molecule has 1 saturated carbocycles. The van der Waals surface area contributed by atoms with Gasteiger partial charge in [-0.1, -0.05) is 29.8 Å². The molecule has 6 heteroatoms. The van der Waals surface area contributed by atoms with Gasteiger partial charge in [-0.15, -0.1) is 0 Å². The van der Waals surface area contributed by atoms with E-state index in [9.17, 15) is 9.18 Å². The van der Waals surface area contributed by atoms with Gasteiger partial charge >= 0.3 is 0 Å². The van der Waals surface area contributed by atoms with Crippen molar-refractivity contribution in [3.8, 4) is 16.9 Å². The van der Waals surface area contributed by atoms with Crippen LogP contribution in [0.4, 0.5) is 4.39 Å². The Labute approximate surface area is 149 Å². The number of carbonyl (C=O) groups excluding carboxylic acids is 1. The van der Waals surface area contributed by atoms with Gasteiger partial charge in [-0.2, -0.15) is 5.10 Å². The molecule has 0 atom stereocenters. The van der Waals surface area contributed by atoms with Crippen LogP contribution in [0, 0.1) is 5.82 Å². The van der Waals surface area contributed by atoms with Crippen molar-refractivity contribution in [1.29, 1.82) is 0 Å². The van der Waals surface area contributed by atoms with Crippen LogP contribution in [0.5, 0.6) is 0 Å². The van der Waals surface area contributed by atoms with Crippen molar-refractivity contribution in [3.63, 3.8) is 0 Å². The van der Waals surface area contributed by atoms with Crippen LogP contribution >= 0.6 is 11.6 Å². The number of nitrogens with one attached hydrogen (secondary N) is 1. The lowest BCUT2D eigenvalue weighted by Crippen LogP contribution is -2.27. The molecule has 1 aliphatic carbocycles. The van der Waals surface area contributed by atoms with E-state index >= 15 is 0 Å². The van der Waals surface area contributed by atoms with Crippen molar-refractivity contribution < 1.29 is 9.18 Å². The molecule has 0 unspecified atom stereocenters. The molecule has 4 rings (SSSR count). The van der Waals surface area contributed by atoms with E-state index in [1.54, 1.807) is 48.5 Å². The quantitative estimate of drug-likeness (QED) is 0.761. The molecule has 3 aromatic rings. The molecule has 2 aromatic carbocycles. The minimum Gasteiger partial charge on any atom is -0.348 e. The number of carbonyl (C=O) groups is 1. The largest absolute Gasteiger partial charge is 0.348 e. The highest BCUT2D eigenvalue weighted by Crippen LogP contribution is 2.26. The minimum absolute atomic E-state index is 0.215. The average Bonchev–Trinajstić information content (AvgIpc) is 3.30. The summed E-state index contributed by atoms with van der Waals surface area (Å²) in [5.74, 6) is -0.607. The van der Waals surface area contributed by atoms with E-state index in [2.05, 4.69) is 10.4 Å². The van der Waals surface area contributed by atoms with Gasteiger partial charge in [0.15, 0.2) is 0 Å². The first-order valence-corrected chi connectivity index (χ1v) is 8.41. The second-order valence-corrected chi connectivity index (χ2v) is 6.47. The van der Waals surface area contributed by atoms with Gasteiger partial charge in [-0.3, -0.25) is 4.79 Å². The third-order valence-corrected chi connectivity index (χ3v) is 4.29. The molecule has 0 bridgehead atoms. The number of aromatic nitrogens is 2. The van der Waals surface area contributed by atoms with Gasteiger partial charge in [-0.25, -0.2) is 9.07 Å². The molecule has 0 radical (unpaired) electrons. The first kappa shape index (κ1) is 15.8. The predicted molar refractivity (Wildman–Crippen MR) is 94.5 cm³/mol. The van der Waals surface area contributed by atoms with Gasteiger partial charge in [0.25, 0.3) is 5.91 Å². The van der Waals surface area contributed by atoms with E-state index in [0.717, 1.165) is 12.8 Å². The Morgan fingerprint density at radius 3 is 2.68 bits per heavy atom. The molecule has 25 heavy (non-hydrogen) atoms. The summed E-state index contributed by atoms with van der Waals surface area (Å²) in [4.78, 5) is 12.6. The van der Waals surface area contributed by atoms with Crippen LogP contribution < -0.4 is 5.32 Å². The third-order valence-electron chi connectivity index (χ3n) is 4.06. The van der Waals surface area contributed by atoms with Crippen molar-refractivity contribution >= 4 is 17.5 Å². The minimum atomic E-state index is -0.382. The number of hydrogen-bond acceptors (Lipinski definition) is 2. The average molecular weight is 356 g/mol. The fourth-order valence-electron chi connectivity index (χ4n) is 2.64. The Morgan fingerprint density at radius 1 is 1.16 bits per heavy atom. The normalized spacial score (nSPS) is 13.7. The number of halogens is 2. The lowest BCUT2D eigenvalue weighted by molar-refractivity contribution is 0.0943. The van der Waals surface area contributed by atoms with E-state index in [-0.39, 0.29) is 17.8 Å². The molecule has 1 heterocycles. The van der Waals surface area contributed by atoms with Gasteiger partial charge in [0, 0.05) is 16.6 Å². The highest BCUT2D eigenvalue weighted by atomic mass is 35.5. The van der Waals surface area contributed by atoms with Crippen molar-refractivity contribution in [3.05, 3.63) is 71.1 Å². The third kappa shape index (κ3) is 3.28. The van der Waals surface area contributed by atoms with E-state index in [1.807, 2.05) is 0 Å². The van der Waals surface area contributed by atoms with E-state index in [0.29, 0.717) is 27.7 Å². The van der Waals surface area contributed by atoms with Crippen LogP contribution in [0.1, 0.15) is 23.3 Å². The number of benzene rings is 2. The molecule has 1 fully saturated rings. The number of rotatable bonds is 4. The summed E-state index contributed by atoms with van der Waals surface area (Å²) in [5.41, 5.74) is 1.76. The van der Waals surface area contributed by atoms with Crippen molar-refractivity contribution in [2.45, 2.75) is 18.9 Å². The second-order valence-electron chi connectivity index (χ2n) is 6.03. The molecule has 0 aliphatic heterocycles. The summed E-state index contributed by atoms with van der Waals surface area (Å²) in [6, 6.07) is 15.2. The number of amides is 1. The maximum atomic E-state index is 14.1. The fraction of sp³-hybridized carbons (Fsp3) is 0.158. The molecule has 0 spiro atoms. The smallest absolute Gasteiger partial charge is 0.270 e. The molecule has 126 valence electrons. The zero-order chi connectivity index (χ0) is 17.4. The highest BCUT2D eigenvalue weighted by molar-refractivity contribution is 6.30. The lowest BCUT2D eigenvalue weighted by atomic mass is 10.1. The van der Waals surface area contributed by atoms with Crippen LogP contribution in [0.15, 0.2) is 54.6 Å². The standard InChI is InChI=1S/C19H15ClFN3O/c20-12-4-3-5-14(10-12)24-18(19(25)22-13-8-9-13)11-17(23-24)15-6-1-2-7-16(15)21/h1-7,10-11,13H,8-9H2,(H,22,25). The Balaban J connectivity index is 1.82. The van der Waals surface area contributed by atoms with Crippen molar-refractivity contribution in [1.82, 2.24) is 15.1 Å². The molecular weight excluding hydrogens is 341 g/mol. The number of hydrogen-bond donors (Lipinski definition) is 1. The molecule has 1 aromatic heterocycles. The van der Waals surface area contributed by atoms with Crippen LogP contribution in [0.25, 0.3) is 16.9 Å². The SMILES string of the molecule is O=C(NC1CC1)c1cc(-c2ccccc2F)nn1-c1cccc(Cl)c1. The summed E-state index contributed by atoms with van der Waals surface area (Å²) in [6.07, 6.45) is 1.97. The Hall–Kier alpha value is -2.66. The summed E-state index contributed by atoms with van der Waals surface area (Å²) >= 11 is 6.07. The monoisotopic (exact) mass is 355 g/mol. The molecule has 1 amide bonds. The van der Waals surface area contributed by atoms with Crippen molar-refractivity contribution in [2.75, 3.05) is 0 Å². The van der Waals surface area contributed by atoms with Gasteiger partial charge in [-0.05, 0) is 49.2 Å².